The van der Waals surface area contributed by atoms with Crippen molar-refractivity contribution < 1.29 is 18.9 Å². The van der Waals surface area contributed by atoms with Crippen LogP contribution in [0.1, 0.15) is 25.8 Å². The number of aliphatic imine (C=N–C) groups is 1. The first-order valence-corrected chi connectivity index (χ1v) is 9.37. The van der Waals surface area contributed by atoms with E-state index in [1.807, 2.05) is 12.1 Å². The van der Waals surface area contributed by atoms with Gasteiger partial charge in [0.15, 0.2) is 17.5 Å². The van der Waals surface area contributed by atoms with Gasteiger partial charge in [-0.15, -0.1) is 0 Å². The third-order valence-corrected chi connectivity index (χ3v) is 4.07. The zero-order valence-corrected chi connectivity index (χ0v) is 17.6. The van der Waals surface area contributed by atoms with Gasteiger partial charge in [0.1, 0.15) is 0 Å². The molecule has 0 aromatic heterocycles. The van der Waals surface area contributed by atoms with Crippen LogP contribution in [-0.4, -0.2) is 60.6 Å². The van der Waals surface area contributed by atoms with Gasteiger partial charge in [-0.1, -0.05) is 19.9 Å². The van der Waals surface area contributed by atoms with Gasteiger partial charge in [-0.25, -0.2) is 0 Å². The van der Waals surface area contributed by atoms with E-state index in [1.54, 1.807) is 28.4 Å². The summed E-state index contributed by atoms with van der Waals surface area (Å²) in [7, 11) is 6.61. The van der Waals surface area contributed by atoms with E-state index in [0.29, 0.717) is 36.3 Å². The zero-order valence-electron chi connectivity index (χ0n) is 17.6. The van der Waals surface area contributed by atoms with E-state index in [0.717, 1.165) is 37.5 Å². The van der Waals surface area contributed by atoms with Crippen molar-refractivity contribution in [1.82, 2.24) is 10.6 Å². The Morgan fingerprint density at radius 2 is 1.67 bits per heavy atom. The van der Waals surface area contributed by atoms with Crippen molar-refractivity contribution in [2.75, 3.05) is 54.7 Å². The van der Waals surface area contributed by atoms with Gasteiger partial charge in [0, 0.05) is 32.3 Å². The quantitative estimate of drug-likeness (QED) is 0.329. The molecule has 0 bridgehead atoms. The molecular weight excluding hydrogens is 346 g/mol. The Bertz CT molecular complexity index is 577. The summed E-state index contributed by atoms with van der Waals surface area (Å²) in [6, 6.07) is 3.87. The van der Waals surface area contributed by atoms with Crippen LogP contribution in [-0.2, 0) is 11.2 Å². The van der Waals surface area contributed by atoms with E-state index in [9.17, 15) is 0 Å². The van der Waals surface area contributed by atoms with Crippen LogP contribution >= 0.6 is 0 Å². The van der Waals surface area contributed by atoms with E-state index >= 15 is 0 Å². The second kappa shape index (κ2) is 13.1. The molecule has 7 heteroatoms. The lowest BCUT2D eigenvalue weighted by Crippen LogP contribution is -2.39. The van der Waals surface area contributed by atoms with Crippen LogP contribution in [0.25, 0.3) is 0 Å². The number of methoxy groups -OCH3 is 3. The second-order valence-electron chi connectivity index (χ2n) is 6.46. The molecule has 0 unspecified atom stereocenters. The van der Waals surface area contributed by atoms with Crippen LogP contribution < -0.4 is 24.8 Å². The van der Waals surface area contributed by atoms with Gasteiger partial charge in [0.25, 0.3) is 0 Å². The number of guanidine groups is 1. The Morgan fingerprint density at radius 1 is 0.963 bits per heavy atom. The molecule has 7 nitrogen and oxygen atoms in total. The van der Waals surface area contributed by atoms with Gasteiger partial charge in [-0.3, -0.25) is 4.99 Å². The highest BCUT2D eigenvalue weighted by molar-refractivity contribution is 5.79. The predicted octanol–water partition coefficient (Wildman–Crippen LogP) is 2.48. The molecule has 27 heavy (non-hydrogen) atoms. The second-order valence-corrected chi connectivity index (χ2v) is 6.46. The van der Waals surface area contributed by atoms with E-state index in [1.165, 1.54) is 0 Å². The highest BCUT2D eigenvalue weighted by atomic mass is 16.5. The first kappa shape index (κ1) is 22.9. The van der Waals surface area contributed by atoms with E-state index in [2.05, 4.69) is 29.5 Å². The van der Waals surface area contributed by atoms with Crippen LogP contribution in [0.3, 0.4) is 0 Å². The molecule has 0 spiro atoms. The SMILES string of the molecule is CN=C(NCCOCCC(C)C)NCCc1ccc(OC)c(OC)c1OC. The summed E-state index contributed by atoms with van der Waals surface area (Å²) in [5, 5.41) is 6.55. The highest BCUT2D eigenvalue weighted by Gasteiger charge is 2.15. The molecule has 2 N–H and O–H groups in total. The highest BCUT2D eigenvalue weighted by Crippen LogP contribution is 2.39. The van der Waals surface area contributed by atoms with Crippen molar-refractivity contribution >= 4 is 5.96 Å². The Balaban J connectivity index is 2.44. The summed E-state index contributed by atoms with van der Waals surface area (Å²) in [4.78, 5) is 4.23. The first-order valence-electron chi connectivity index (χ1n) is 9.37. The minimum Gasteiger partial charge on any atom is -0.493 e. The standard InChI is InChI=1S/C20H35N3O4/c1-15(2)10-13-27-14-12-23-20(21-3)22-11-9-16-7-8-17(24-4)19(26-6)18(16)25-5/h7-8,15H,9-14H2,1-6H3,(H2,21,22,23). The molecule has 0 heterocycles. The minimum atomic E-state index is 0.610. The van der Waals surface area contributed by atoms with Gasteiger partial charge >= 0.3 is 0 Å². The summed E-state index contributed by atoms with van der Waals surface area (Å²) in [5.41, 5.74) is 1.04. The number of benzene rings is 1. The molecule has 0 radical (unpaired) electrons. The maximum Gasteiger partial charge on any atom is 0.203 e. The van der Waals surface area contributed by atoms with E-state index in [-0.39, 0.29) is 0 Å². The first-order chi connectivity index (χ1) is 13.1. The van der Waals surface area contributed by atoms with E-state index in [4.69, 9.17) is 18.9 Å². The van der Waals surface area contributed by atoms with Crippen LogP contribution in [0.5, 0.6) is 17.2 Å². The fourth-order valence-corrected chi connectivity index (χ4v) is 2.56. The van der Waals surface area contributed by atoms with Gasteiger partial charge in [0.05, 0.1) is 27.9 Å². The molecule has 0 fully saturated rings. The summed E-state index contributed by atoms with van der Waals surface area (Å²) in [5.74, 6) is 3.38. The van der Waals surface area contributed by atoms with Crippen molar-refractivity contribution in [3.8, 4) is 17.2 Å². The number of ether oxygens (including phenoxy) is 4. The average molecular weight is 382 g/mol. The smallest absolute Gasteiger partial charge is 0.203 e. The summed E-state index contributed by atoms with van der Waals surface area (Å²) in [6.07, 6.45) is 1.84. The molecule has 0 aliphatic rings. The van der Waals surface area contributed by atoms with Gasteiger partial charge in [-0.05, 0) is 24.8 Å². The number of nitrogens with one attached hydrogen (secondary N) is 2. The molecular formula is C20H35N3O4. The van der Waals surface area contributed by atoms with Crippen LogP contribution in [0.4, 0.5) is 0 Å². The summed E-state index contributed by atoms with van der Waals surface area (Å²) < 4.78 is 21.9. The molecule has 1 aromatic rings. The van der Waals surface area contributed by atoms with Crippen LogP contribution in [0.15, 0.2) is 17.1 Å². The van der Waals surface area contributed by atoms with Crippen molar-refractivity contribution in [2.24, 2.45) is 10.9 Å². The summed E-state index contributed by atoms with van der Waals surface area (Å²) >= 11 is 0. The Morgan fingerprint density at radius 3 is 2.26 bits per heavy atom. The van der Waals surface area contributed by atoms with Crippen LogP contribution in [0, 0.1) is 5.92 Å². The lowest BCUT2D eigenvalue weighted by molar-refractivity contribution is 0.128. The Kier molecular flexibility index (Phi) is 11.1. The lowest BCUT2D eigenvalue weighted by Gasteiger charge is -2.16. The third kappa shape index (κ3) is 7.95. The molecule has 154 valence electrons. The van der Waals surface area contributed by atoms with E-state index < -0.39 is 0 Å². The van der Waals surface area contributed by atoms with Crippen molar-refractivity contribution in [3.05, 3.63) is 17.7 Å². The topological polar surface area (TPSA) is 73.3 Å². The molecule has 0 aliphatic carbocycles. The average Bonchev–Trinajstić information content (AvgIpc) is 2.67. The number of hydrogen-bond acceptors (Lipinski definition) is 5. The molecule has 1 aromatic carbocycles. The number of rotatable bonds is 12. The largest absolute Gasteiger partial charge is 0.493 e. The van der Waals surface area contributed by atoms with Gasteiger partial charge in [-0.2, -0.15) is 0 Å². The Hall–Kier alpha value is -2.15. The molecule has 0 saturated heterocycles. The Labute approximate surface area is 163 Å². The molecule has 0 aliphatic heterocycles. The fourth-order valence-electron chi connectivity index (χ4n) is 2.56. The van der Waals surface area contributed by atoms with Crippen molar-refractivity contribution in [2.45, 2.75) is 26.7 Å². The van der Waals surface area contributed by atoms with Gasteiger partial charge < -0.3 is 29.6 Å². The van der Waals surface area contributed by atoms with Crippen molar-refractivity contribution in [3.63, 3.8) is 0 Å². The molecule has 0 saturated carbocycles. The monoisotopic (exact) mass is 381 g/mol. The maximum absolute atomic E-state index is 5.60. The predicted molar refractivity (Wildman–Crippen MR) is 109 cm³/mol. The minimum absolute atomic E-state index is 0.610. The maximum atomic E-state index is 5.60. The van der Waals surface area contributed by atoms with Crippen molar-refractivity contribution in [1.29, 1.82) is 0 Å². The summed E-state index contributed by atoms with van der Waals surface area (Å²) in [6.45, 7) is 7.28. The number of nitrogens with zero attached hydrogens (tertiary/aromatic N) is 1. The zero-order chi connectivity index (χ0) is 20.1. The molecule has 1 rings (SSSR count). The lowest BCUT2D eigenvalue weighted by atomic mass is 10.1. The normalized spacial score (nSPS) is 11.4. The van der Waals surface area contributed by atoms with Gasteiger partial charge in [0.2, 0.25) is 5.75 Å². The third-order valence-electron chi connectivity index (χ3n) is 4.07. The molecule has 0 amide bonds. The molecule has 0 atom stereocenters. The fraction of sp³-hybridized carbons (Fsp3) is 0.650. The van der Waals surface area contributed by atoms with Crippen LogP contribution in [0.2, 0.25) is 0 Å². The number of hydrogen-bond donors (Lipinski definition) is 2.